The molecule has 152 valence electrons. The monoisotopic (exact) mass is 426 g/mol. The van der Waals surface area contributed by atoms with Crippen LogP contribution in [-0.2, 0) is 0 Å². The number of nitrogen functional groups attached to an aromatic ring is 1. The van der Waals surface area contributed by atoms with Gasteiger partial charge in [0.2, 0.25) is 0 Å². The largest absolute Gasteiger partial charge is 0.397 e. The molecule has 0 bridgehead atoms. The molecule has 0 saturated carbocycles. The molecule has 5 aromatic rings. The summed E-state index contributed by atoms with van der Waals surface area (Å²) in [5, 5.41) is 13.0. The van der Waals surface area contributed by atoms with Gasteiger partial charge in [-0.15, -0.1) is 0 Å². The molecule has 4 N–H and O–H groups in total. The molecule has 0 unspecified atom stereocenters. The highest BCUT2D eigenvalue weighted by atomic mass is 32.1. The zero-order valence-corrected chi connectivity index (χ0v) is 17.4. The summed E-state index contributed by atoms with van der Waals surface area (Å²) in [4.78, 5) is 21.1. The number of aromatic nitrogens is 6. The Bertz CT molecular complexity index is 1530. The second-order valence-corrected chi connectivity index (χ2v) is 7.69. The highest BCUT2D eigenvalue weighted by molar-refractivity contribution is 7.08. The number of thiophene rings is 1. The van der Waals surface area contributed by atoms with Crippen LogP contribution in [0.3, 0.4) is 0 Å². The van der Waals surface area contributed by atoms with Gasteiger partial charge in [-0.3, -0.25) is 20.1 Å². The van der Waals surface area contributed by atoms with Crippen molar-refractivity contribution in [3.05, 3.63) is 63.8 Å². The summed E-state index contributed by atoms with van der Waals surface area (Å²) in [6.45, 7) is 4.08. The Hall–Kier alpha value is -4.11. The van der Waals surface area contributed by atoms with Crippen LogP contribution in [0, 0.1) is 0 Å². The Kier molecular flexibility index (Phi) is 4.64. The van der Waals surface area contributed by atoms with Crippen LogP contribution in [0.25, 0.3) is 46.3 Å². The minimum Gasteiger partial charge on any atom is -0.397 e. The summed E-state index contributed by atoms with van der Waals surface area (Å²) in [5.41, 5.74) is 12.4. The van der Waals surface area contributed by atoms with Crippen molar-refractivity contribution in [1.29, 1.82) is 0 Å². The van der Waals surface area contributed by atoms with Crippen LogP contribution < -0.4 is 16.3 Å². The molecular formula is C22H18N8S. The second kappa shape index (κ2) is 7.62. The van der Waals surface area contributed by atoms with Crippen molar-refractivity contribution in [2.45, 2.75) is 0 Å². The quantitative estimate of drug-likeness (QED) is 0.381. The van der Waals surface area contributed by atoms with Gasteiger partial charge in [0, 0.05) is 42.0 Å². The topological polar surface area (TPSA) is 122 Å². The molecule has 0 spiro atoms. The molecule has 5 rings (SSSR count). The molecule has 8 nitrogen and oxygen atoms in total. The first-order valence-electron chi connectivity index (χ1n) is 9.43. The third-order valence-corrected chi connectivity index (χ3v) is 5.59. The van der Waals surface area contributed by atoms with Gasteiger partial charge in [0.1, 0.15) is 11.2 Å². The number of rotatable bonds is 4. The molecule has 5 aromatic heterocycles. The number of pyridine rings is 2. The highest BCUT2D eigenvalue weighted by Crippen LogP contribution is 2.29. The van der Waals surface area contributed by atoms with E-state index in [0.29, 0.717) is 28.3 Å². The van der Waals surface area contributed by atoms with E-state index < -0.39 is 0 Å². The predicted octanol–water partition coefficient (Wildman–Crippen LogP) is 2.36. The van der Waals surface area contributed by atoms with E-state index in [1.54, 1.807) is 37.0 Å². The molecule has 0 aliphatic heterocycles. The first kappa shape index (κ1) is 18.9. The lowest BCUT2D eigenvalue weighted by molar-refractivity contribution is 1.06. The number of nitrogens with zero attached hydrogens (tertiary/aromatic N) is 5. The van der Waals surface area contributed by atoms with Gasteiger partial charge in [0.05, 0.1) is 28.5 Å². The van der Waals surface area contributed by atoms with Gasteiger partial charge in [-0.2, -0.15) is 16.4 Å². The number of hydrogen-bond donors (Lipinski definition) is 3. The lowest BCUT2D eigenvalue weighted by Crippen LogP contribution is -2.24. The minimum atomic E-state index is 0.569. The third-order valence-electron chi connectivity index (χ3n) is 4.91. The molecule has 0 saturated heterocycles. The summed E-state index contributed by atoms with van der Waals surface area (Å²) in [5.74, 6) is 0.623. The second-order valence-electron chi connectivity index (χ2n) is 6.91. The Labute approximate surface area is 181 Å². The van der Waals surface area contributed by atoms with Crippen LogP contribution in [0.1, 0.15) is 5.56 Å². The van der Waals surface area contributed by atoms with Gasteiger partial charge in [-0.25, -0.2) is 4.98 Å². The molecule has 0 aromatic carbocycles. The van der Waals surface area contributed by atoms with Crippen LogP contribution >= 0.6 is 11.3 Å². The fourth-order valence-corrected chi connectivity index (χ4v) is 4.06. The highest BCUT2D eigenvalue weighted by Gasteiger charge is 2.15. The van der Waals surface area contributed by atoms with Crippen LogP contribution in [0.5, 0.6) is 0 Å². The molecule has 0 aliphatic rings. The number of imidazole rings is 1. The van der Waals surface area contributed by atoms with Crippen molar-refractivity contribution in [2.75, 3.05) is 12.8 Å². The Morgan fingerprint density at radius 3 is 2.87 bits per heavy atom. The number of hydrogen-bond acceptors (Lipinski definition) is 7. The van der Waals surface area contributed by atoms with E-state index in [1.165, 1.54) is 0 Å². The van der Waals surface area contributed by atoms with E-state index in [2.05, 4.69) is 48.2 Å². The summed E-state index contributed by atoms with van der Waals surface area (Å²) < 4.78 is 0. The van der Waals surface area contributed by atoms with Gasteiger partial charge in [0.15, 0.2) is 5.82 Å². The van der Waals surface area contributed by atoms with Crippen molar-refractivity contribution in [3.63, 3.8) is 0 Å². The van der Waals surface area contributed by atoms with Crippen LogP contribution in [-0.4, -0.2) is 42.9 Å². The molecule has 0 aliphatic carbocycles. The van der Waals surface area contributed by atoms with Crippen molar-refractivity contribution >= 4 is 46.4 Å². The van der Waals surface area contributed by atoms with Crippen molar-refractivity contribution in [1.82, 2.24) is 30.1 Å². The first-order valence-corrected chi connectivity index (χ1v) is 10.4. The summed E-state index contributed by atoms with van der Waals surface area (Å²) in [6.07, 6.45) is 8.81. The molecule has 0 radical (unpaired) electrons. The normalized spacial score (nSPS) is 12.7. The number of aliphatic imine (C=N–C) groups is 1. The number of H-pyrrole nitrogens is 2. The SMILES string of the molecule is C=c1[nH]nc(-c2nc3c(-c4ccsc4)cncc3[nH]2)/c1=C/C(=N\C)c1cncc(N)c1. The maximum Gasteiger partial charge on any atom is 0.159 e. The van der Waals surface area contributed by atoms with Crippen LogP contribution in [0.4, 0.5) is 5.69 Å². The van der Waals surface area contributed by atoms with Crippen molar-refractivity contribution < 1.29 is 0 Å². The van der Waals surface area contributed by atoms with Gasteiger partial charge >= 0.3 is 0 Å². The van der Waals surface area contributed by atoms with Gasteiger partial charge in [-0.05, 0) is 34.5 Å². The summed E-state index contributed by atoms with van der Waals surface area (Å²) in [7, 11) is 1.72. The first-order chi connectivity index (χ1) is 15.1. The molecule has 5 heterocycles. The third kappa shape index (κ3) is 3.40. The summed E-state index contributed by atoms with van der Waals surface area (Å²) in [6, 6.07) is 3.88. The molecule has 0 fully saturated rings. The average molecular weight is 427 g/mol. The maximum absolute atomic E-state index is 5.89. The molecule has 31 heavy (non-hydrogen) atoms. The number of nitrogens with two attached hydrogens (primary N) is 1. The molecule has 0 amide bonds. The number of aromatic amines is 2. The predicted molar refractivity (Wildman–Crippen MR) is 125 cm³/mol. The van der Waals surface area contributed by atoms with Crippen LogP contribution in [0.15, 0.2) is 52.7 Å². The lowest BCUT2D eigenvalue weighted by atomic mass is 10.1. The standard InChI is InChI=1S/C22H18N8S/c1-12-16(6-18(24-2)14-5-15(23)8-25-7-14)21(30-29-12)22-27-19-10-26-9-17(20(19)28-22)13-3-4-31-11-13/h3-11,29H,1,23H2,2H3,(H,27,28)/b16-6+,24-18+. The Balaban J connectivity index is 1.67. The maximum atomic E-state index is 5.89. The van der Waals surface area contributed by atoms with E-state index in [4.69, 9.17) is 10.7 Å². The molecule has 9 heteroatoms. The average Bonchev–Trinajstić information content (AvgIpc) is 3.51. The van der Waals surface area contributed by atoms with E-state index in [-0.39, 0.29) is 0 Å². The fourth-order valence-electron chi connectivity index (χ4n) is 3.41. The zero-order chi connectivity index (χ0) is 21.4. The van der Waals surface area contributed by atoms with E-state index >= 15 is 0 Å². The number of nitrogens with one attached hydrogen (secondary N) is 2. The van der Waals surface area contributed by atoms with Gasteiger partial charge in [-0.1, -0.05) is 6.58 Å². The van der Waals surface area contributed by atoms with Crippen molar-refractivity contribution in [2.24, 2.45) is 4.99 Å². The smallest absolute Gasteiger partial charge is 0.159 e. The minimum absolute atomic E-state index is 0.569. The van der Waals surface area contributed by atoms with Gasteiger partial charge < -0.3 is 10.7 Å². The molecule has 0 atom stereocenters. The zero-order valence-electron chi connectivity index (χ0n) is 16.6. The number of fused-ring (bicyclic) bond motifs is 1. The molecular weight excluding hydrogens is 408 g/mol. The lowest BCUT2D eigenvalue weighted by Gasteiger charge is -2.01. The fraction of sp³-hybridized carbons (Fsp3) is 0.0455. The Morgan fingerprint density at radius 1 is 1.23 bits per heavy atom. The van der Waals surface area contributed by atoms with E-state index in [0.717, 1.165) is 32.9 Å². The van der Waals surface area contributed by atoms with E-state index in [1.807, 2.05) is 23.7 Å². The van der Waals surface area contributed by atoms with E-state index in [9.17, 15) is 0 Å². The number of anilines is 1. The van der Waals surface area contributed by atoms with Crippen molar-refractivity contribution in [3.8, 4) is 22.6 Å². The van der Waals surface area contributed by atoms with Gasteiger partial charge in [0.25, 0.3) is 0 Å². The summed E-state index contributed by atoms with van der Waals surface area (Å²) >= 11 is 1.64. The Morgan fingerprint density at radius 2 is 2.10 bits per heavy atom. The van der Waals surface area contributed by atoms with Crippen LogP contribution in [0.2, 0.25) is 0 Å².